The van der Waals surface area contributed by atoms with Crippen molar-refractivity contribution in [2.45, 2.75) is 25.5 Å². The number of likely N-dealkylation sites (tertiary alicyclic amines) is 1. The summed E-state index contributed by atoms with van der Waals surface area (Å²) in [6, 6.07) is 29.3. The van der Waals surface area contributed by atoms with E-state index < -0.39 is 0 Å². The first-order chi connectivity index (χ1) is 19.2. The van der Waals surface area contributed by atoms with Crippen molar-refractivity contribution in [3.63, 3.8) is 0 Å². The largest absolute Gasteiger partial charge is 0.490 e. The van der Waals surface area contributed by atoms with E-state index in [1.165, 1.54) is 5.56 Å². The van der Waals surface area contributed by atoms with Gasteiger partial charge in [0.05, 0.1) is 11.8 Å². The monoisotopic (exact) mass is 518 g/mol. The molecule has 1 fully saturated rings. The fourth-order valence-electron chi connectivity index (χ4n) is 4.56. The molecule has 0 saturated carbocycles. The molecule has 0 radical (unpaired) electrons. The van der Waals surface area contributed by atoms with E-state index in [1.54, 1.807) is 18.3 Å². The average Bonchev–Trinajstić information content (AvgIpc) is 2.99. The van der Waals surface area contributed by atoms with Crippen molar-refractivity contribution < 1.29 is 9.53 Å². The lowest BCUT2D eigenvalue weighted by Gasteiger charge is -2.32. The van der Waals surface area contributed by atoms with Gasteiger partial charge in [0.15, 0.2) is 0 Å². The first kappa shape index (κ1) is 25.9. The van der Waals surface area contributed by atoms with Gasteiger partial charge in [-0.05, 0) is 60.9 Å². The van der Waals surface area contributed by atoms with Gasteiger partial charge in [-0.1, -0.05) is 42.5 Å². The van der Waals surface area contributed by atoms with Crippen LogP contribution in [0.1, 0.15) is 28.8 Å². The number of carbonyl (C=O) groups is 1. The number of piperidine rings is 1. The molecule has 2 heterocycles. The Hall–Kier alpha value is -4.74. The summed E-state index contributed by atoms with van der Waals surface area (Å²) in [5.41, 5.74) is 4.29. The van der Waals surface area contributed by atoms with Gasteiger partial charge >= 0.3 is 0 Å². The maximum atomic E-state index is 12.0. The Morgan fingerprint density at radius 1 is 0.974 bits per heavy atom. The molecule has 0 spiro atoms. The second-order valence-electron chi connectivity index (χ2n) is 9.41. The molecule has 1 amide bonds. The Labute approximate surface area is 228 Å². The molecule has 8 heteroatoms. The molecule has 0 atom stereocenters. The smallest absolute Gasteiger partial charge is 0.252 e. The molecule has 196 valence electrons. The highest BCUT2D eigenvalue weighted by atomic mass is 16.5. The summed E-state index contributed by atoms with van der Waals surface area (Å²) in [7, 11) is 0. The number of nitriles is 1. The normalized spacial score (nSPS) is 13.8. The fourth-order valence-corrected chi connectivity index (χ4v) is 4.56. The number of nitrogens with zero attached hydrogens (tertiary/aromatic N) is 4. The standard InChI is InChI=1S/C31H30N6O2/c32-17-19-33-30(38)25-8-6-24(7-9-25)29-14-18-34-31(36-29)35-26-10-12-27(13-11-26)39-28-15-20-37(21-16-28)22-23-4-2-1-3-5-23/h1-14,18,28H,15-16,19-22H2,(H,33,38)(H,34,35,36). The van der Waals surface area contributed by atoms with Crippen molar-refractivity contribution in [1.82, 2.24) is 20.2 Å². The van der Waals surface area contributed by atoms with E-state index in [1.807, 2.05) is 48.5 Å². The minimum absolute atomic E-state index is 0.0247. The topological polar surface area (TPSA) is 103 Å². The van der Waals surface area contributed by atoms with Crippen LogP contribution in [0.5, 0.6) is 5.75 Å². The number of aromatic nitrogens is 2. The third-order valence-electron chi connectivity index (χ3n) is 6.62. The van der Waals surface area contributed by atoms with Crippen molar-refractivity contribution in [3.8, 4) is 23.1 Å². The van der Waals surface area contributed by atoms with Crippen LogP contribution < -0.4 is 15.4 Å². The zero-order chi connectivity index (χ0) is 26.9. The maximum Gasteiger partial charge on any atom is 0.252 e. The molecule has 39 heavy (non-hydrogen) atoms. The highest BCUT2D eigenvalue weighted by molar-refractivity contribution is 5.94. The Morgan fingerprint density at radius 3 is 2.44 bits per heavy atom. The number of anilines is 2. The van der Waals surface area contributed by atoms with Crippen LogP contribution in [0, 0.1) is 11.3 Å². The van der Waals surface area contributed by atoms with Gasteiger partial charge < -0.3 is 15.4 Å². The molecule has 0 aliphatic carbocycles. The number of amides is 1. The van der Waals surface area contributed by atoms with Crippen LogP contribution in [0.15, 0.2) is 91.1 Å². The number of carbonyl (C=O) groups excluding carboxylic acids is 1. The van der Waals surface area contributed by atoms with Gasteiger partial charge in [-0.25, -0.2) is 9.97 Å². The van der Waals surface area contributed by atoms with Crippen molar-refractivity contribution in [2.75, 3.05) is 25.0 Å². The summed E-state index contributed by atoms with van der Waals surface area (Å²) in [6.07, 6.45) is 3.94. The summed E-state index contributed by atoms with van der Waals surface area (Å²) < 4.78 is 6.25. The minimum atomic E-state index is -0.283. The van der Waals surface area contributed by atoms with Gasteiger partial charge in [0.2, 0.25) is 5.95 Å². The zero-order valence-corrected chi connectivity index (χ0v) is 21.6. The number of benzene rings is 3. The number of rotatable bonds is 9. The SMILES string of the molecule is N#CCNC(=O)c1ccc(-c2ccnc(Nc3ccc(OC4CCN(Cc5ccccc5)CC4)cc3)n2)cc1. The van der Waals surface area contributed by atoms with Gasteiger partial charge in [-0.3, -0.25) is 9.69 Å². The Balaban J connectivity index is 1.13. The van der Waals surface area contributed by atoms with E-state index in [9.17, 15) is 4.79 Å². The summed E-state index contributed by atoms with van der Waals surface area (Å²) in [6.45, 7) is 3.03. The number of ether oxygens (including phenoxy) is 1. The van der Waals surface area contributed by atoms with Crippen LogP contribution in [-0.2, 0) is 6.54 Å². The molecule has 8 nitrogen and oxygen atoms in total. The average molecular weight is 519 g/mol. The van der Waals surface area contributed by atoms with E-state index in [-0.39, 0.29) is 18.6 Å². The van der Waals surface area contributed by atoms with Gasteiger partial charge in [0.25, 0.3) is 5.91 Å². The quantitative estimate of drug-likeness (QED) is 0.294. The van der Waals surface area contributed by atoms with E-state index in [2.05, 4.69) is 55.8 Å². The third-order valence-corrected chi connectivity index (χ3v) is 6.62. The van der Waals surface area contributed by atoms with Crippen LogP contribution >= 0.6 is 0 Å². The predicted molar refractivity (Wildman–Crippen MR) is 151 cm³/mol. The first-order valence-electron chi connectivity index (χ1n) is 13.0. The van der Waals surface area contributed by atoms with Crippen molar-refractivity contribution in [2.24, 2.45) is 0 Å². The maximum absolute atomic E-state index is 12.0. The van der Waals surface area contributed by atoms with E-state index in [0.717, 1.165) is 55.2 Å². The molecule has 1 aromatic heterocycles. The molecule has 4 aromatic rings. The molecular formula is C31H30N6O2. The minimum Gasteiger partial charge on any atom is -0.490 e. The summed E-state index contributed by atoms with van der Waals surface area (Å²) in [5, 5.41) is 14.4. The summed E-state index contributed by atoms with van der Waals surface area (Å²) in [4.78, 5) is 23.4. The zero-order valence-electron chi connectivity index (χ0n) is 21.6. The lowest BCUT2D eigenvalue weighted by molar-refractivity contribution is 0.0958. The van der Waals surface area contributed by atoms with Gasteiger partial charge in [-0.15, -0.1) is 0 Å². The van der Waals surface area contributed by atoms with E-state index in [4.69, 9.17) is 10.00 Å². The number of hydrogen-bond donors (Lipinski definition) is 2. The van der Waals surface area contributed by atoms with Crippen LogP contribution in [0.25, 0.3) is 11.3 Å². The Morgan fingerprint density at radius 2 is 1.72 bits per heavy atom. The lowest BCUT2D eigenvalue weighted by Crippen LogP contribution is -2.37. The molecule has 0 bridgehead atoms. The van der Waals surface area contributed by atoms with Crippen molar-refractivity contribution in [3.05, 3.63) is 102 Å². The molecule has 1 aliphatic rings. The highest BCUT2D eigenvalue weighted by Gasteiger charge is 2.20. The third kappa shape index (κ3) is 7.18. The molecule has 3 aromatic carbocycles. The van der Waals surface area contributed by atoms with Crippen LogP contribution in [0.3, 0.4) is 0 Å². The van der Waals surface area contributed by atoms with E-state index >= 15 is 0 Å². The summed E-state index contributed by atoms with van der Waals surface area (Å²) >= 11 is 0. The lowest BCUT2D eigenvalue weighted by atomic mass is 10.1. The number of nitrogens with one attached hydrogen (secondary N) is 2. The van der Waals surface area contributed by atoms with Gasteiger partial charge in [-0.2, -0.15) is 5.26 Å². The molecule has 1 saturated heterocycles. The van der Waals surface area contributed by atoms with Gasteiger partial charge in [0.1, 0.15) is 18.4 Å². The molecule has 0 unspecified atom stereocenters. The second-order valence-corrected chi connectivity index (χ2v) is 9.41. The second kappa shape index (κ2) is 12.7. The van der Waals surface area contributed by atoms with Crippen LogP contribution in [0.2, 0.25) is 0 Å². The summed E-state index contributed by atoms with van der Waals surface area (Å²) in [5.74, 6) is 1.05. The van der Waals surface area contributed by atoms with Gasteiger partial charge in [0, 0.05) is 42.6 Å². The van der Waals surface area contributed by atoms with Crippen LogP contribution in [-0.4, -0.2) is 46.5 Å². The van der Waals surface area contributed by atoms with Crippen LogP contribution in [0.4, 0.5) is 11.6 Å². The Bertz CT molecular complexity index is 1410. The van der Waals surface area contributed by atoms with Crippen molar-refractivity contribution in [1.29, 1.82) is 5.26 Å². The number of hydrogen-bond acceptors (Lipinski definition) is 7. The molecular weight excluding hydrogens is 488 g/mol. The predicted octanol–water partition coefficient (Wildman–Crippen LogP) is 5.18. The van der Waals surface area contributed by atoms with Crippen molar-refractivity contribution >= 4 is 17.5 Å². The highest BCUT2D eigenvalue weighted by Crippen LogP contribution is 2.24. The fraction of sp³-hybridized carbons (Fsp3) is 0.226. The molecule has 2 N–H and O–H groups in total. The molecule has 1 aliphatic heterocycles. The Kier molecular flexibility index (Phi) is 8.41. The molecule has 5 rings (SSSR count). The first-order valence-corrected chi connectivity index (χ1v) is 13.0. The van der Waals surface area contributed by atoms with E-state index in [0.29, 0.717) is 11.5 Å².